The molecule has 0 aromatic heterocycles. The van der Waals surface area contributed by atoms with Crippen LogP contribution in [0.25, 0.3) is 0 Å². The van der Waals surface area contributed by atoms with Crippen LogP contribution in [0.1, 0.15) is 32.6 Å². The monoisotopic (exact) mass is 370 g/mol. The first-order valence-corrected chi connectivity index (χ1v) is 8.62. The fourth-order valence-corrected chi connectivity index (χ4v) is 4.10. The number of benzene rings is 1. The van der Waals surface area contributed by atoms with Gasteiger partial charge in [-0.2, -0.15) is 0 Å². The van der Waals surface area contributed by atoms with E-state index < -0.39 is 0 Å². The van der Waals surface area contributed by atoms with Crippen molar-refractivity contribution in [1.82, 2.24) is 4.90 Å². The standard InChI is InChI=1S/C16H23IN2/c1-2-14-11-18-9-4-3-7-16(18)12-19(14)15-8-5-6-13(17)10-15/h5-6,8,10,14,16H,2-4,7,9,11-12H2,1H3. The van der Waals surface area contributed by atoms with E-state index in [0.717, 1.165) is 6.04 Å². The minimum atomic E-state index is 0.688. The predicted molar refractivity (Wildman–Crippen MR) is 89.8 cm³/mol. The number of halogens is 1. The van der Waals surface area contributed by atoms with Crippen LogP contribution in [0.2, 0.25) is 0 Å². The van der Waals surface area contributed by atoms with Gasteiger partial charge in [-0.25, -0.2) is 0 Å². The molecule has 0 radical (unpaired) electrons. The molecule has 2 fully saturated rings. The number of fused-ring (bicyclic) bond motifs is 1. The second-order valence-electron chi connectivity index (χ2n) is 5.84. The third kappa shape index (κ3) is 2.92. The van der Waals surface area contributed by atoms with Gasteiger partial charge in [0.2, 0.25) is 0 Å². The molecule has 2 aliphatic rings. The van der Waals surface area contributed by atoms with E-state index in [-0.39, 0.29) is 0 Å². The van der Waals surface area contributed by atoms with Crippen LogP contribution in [0, 0.1) is 3.57 Å². The molecule has 2 unspecified atom stereocenters. The Morgan fingerprint density at radius 2 is 2.16 bits per heavy atom. The zero-order valence-electron chi connectivity index (χ0n) is 11.7. The highest BCUT2D eigenvalue weighted by Gasteiger charge is 2.34. The minimum Gasteiger partial charge on any atom is -0.366 e. The Morgan fingerprint density at radius 1 is 1.26 bits per heavy atom. The summed E-state index contributed by atoms with van der Waals surface area (Å²) in [5.74, 6) is 0. The molecule has 104 valence electrons. The first kappa shape index (κ1) is 13.7. The number of piperidine rings is 1. The highest BCUT2D eigenvalue weighted by Crippen LogP contribution is 2.29. The molecule has 0 aliphatic carbocycles. The Hall–Kier alpha value is -0.290. The van der Waals surface area contributed by atoms with Gasteiger partial charge in [0.15, 0.2) is 0 Å². The van der Waals surface area contributed by atoms with Crippen LogP contribution in [-0.2, 0) is 0 Å². The Kier molecular flexibility index (Phi) is 4.32. The van der Waals surface area contributed by atoms with Gasteiger partial charge in [-0.05, 0) is 66.6 Å². The maximum atomic E-state index is 2.74. The third-order valence-corrected chi connectivity index (χ3v) is 5.32. The van der Waals surface area contributed by atoms with E-state index in [1.54, 1.807) is 0 Å². The minimum absolute atomic E-state index is 0.688. The molecule has 0 saturated carbocycles. The van der Waals surface area contributed by atoms with Crippen LogP contribution < -0.4 is 4.90 Å². The second kappa shape index (κ2) is 6.00. The van der Waals surface area contributed by atoms with Crippen molar-refractivity contribution in [1.29, 1.82) is 0 Å². The average Bonchev–Trinajstić information content (AvgIpc) is 2.46. The number of nitrogens with zero attached hydrogens (tertiary/aromatic N) is 2. The van der Waals surface area contributed by atoms with E-state index in [9.17, 15) is 0 Å². The maximum absolute atomic E-state index is 2.74. The quantitative estimate of drug-likeness (QED) is 0.732. The molecule has 3 heteroatoms. The largest absolute Gasteiger partial charge is 0.366 e. The van der Waals surface area contributed by atoms with Crippen LogP contribution in [0.4, 0.5) is 5.69 Å². The van der Waals surface area contributed by atoms with Gasteiger partial charge in [-0.3, -0.25) is 4.90 Å². The van der Waals surface area contributed by atoms with Crippen molar-refractivity contribution in [3.8, 4) is 0 Å². The molecule has 2 saturated heterocycles. The molecular formula is C16H23IN2. The second-order valence-corrected chi connectivity index (χ2v) is 7.08. The topological polar surface area (TPSA) is 6.48 Å². The summed E-state index contributed by atoms with van der Waals surface area (Å²) in [7, 11) is 0. The van der Waals surface area contributed by atoms with Gasteiger partial charge in [0.05, 0.1) is 0 Å². The number of rotatable bonds is 2. The molecule has 0 N–H and O–H groups in total. The lowest BCUT2D eigenvalue weighted by Gasteiger charge is -2.49. The number of hydrogen-bond donors (Lipinski definition) is 0. The van der Waals surface area contributed by atoms with E-state index in [1.165, 1.54) is 54.6 Å². The smallest absolute Gasteiger partial charge is 0.0415 e. The predicted octanol–water partition coefficient (Wildman–Crippen LogP) is 3.74. The number of anilines is 1. The maximum Gasteiger partial charge on any atom is 0.0415 e. The molecule has 3 rings (SSSR count). The van der Waals surface area contributed by atoms with Crippen molar-refractivity contribution >= 4 is 28.3 Å². The number of hydrogen-bond acceptors (Lipinski definition) is 2. The van der Waals surface area contributed by atoms with Gasteiger partial charge in [-0.1, -0.05) is 19.4 Å². The van der Waals surface area contributed by atoms with Crippen molar-refractivity contribution < 1.29 is 0 Å². The molecule has 2 atom stereocenters. The van der Waals surface area contributed by atoms with E-state index in [1.807, 2.05) is 0 Å². The summed E-state index contributed by atoms with van der Waals surface area (Å²) in [4.78, 5) is 5.40. The zero-order valence-corrected chi connectivity index (χ0v) is 13.8. The highest BCUT2D eigenvalue weighted by atomic mass is 127. The highest BCUT2D eigenvalue weighted by molar-refractivity contribution is 14.1. The van der Waals surface area contributed by atoms with Crippen LogP contribution in [0.3, 0.4) is 0 Å². The lowest BCUT2D eigenvalue weighted by molar-refractivity contribution is 0.111. The molecule has 1 aromatic rings. The molecule has 2 nitrogen and oxygen atoms in total. The SMILES string of the molecule is CCC1CN2CCCCC2CN1c1cccc(I)c1. The van der Waals surface area contributed by atoms with E-state index in [4.69, 9.17) is 0 Å². The average molecular weight is 370 g/mol. The summed E-state index contributed by atoms with van der Waals surface area (Å²) in [6.07, 6.45) is 5.44. The fourth-order valence-electron chi connectivity index (χ4n) is 3.57. The molecule has 0 bridgehead atoms. The molecule has 2 heterocycles. The first-order valence-electron chi connectivity index (χ1n) is 7.54. The summed E-state index contributed by atoms with van der Waals surface area (Å²) >= 11 is 2.42. The summed E-state index contributed by atoms with van der Waals surface area (Å²) in [6, 6.07) is 10.5. The molecule has 0 spiro atoms. The molecule has 2 aliphatic heterocycles. The third-order valence-electron chi connectivity index (χ3n) is 4.65. The summed E-state index contributed by atoms with van der Waals surface area (Å²) < 4.78 is 1.34. The lowest BCUT2D eigenvalue weighted by Crippen LogP contribution is -2.59. The fraction of sp³-hybridized carbons (Fsp3) is 0.625. The van der Waals surface area contributed by atoms with Crippen molar-refractivity contribution in [3.63, 3.8) is 0 Å². The van der Waals surface area contributed by atoms with Crippen molar-refractivity contribution in [2.75, 3.05) is 24.5 Å². The van der Waals surface area contributed by atoms with E-state index in [2.05, 4.69) is 63.6 Å². The molecular weight excluding hydrogens is 347 g/mol. The van der Waals surface area contributed by atoms with E-state index >= 15 is 0 Å². The summed E-state index contributed by atoms with van der Waals surface area (Å²) in [5.41, 5.74) is 1.42. The van der Waals surface area contributed by atoms with Gasteiger partial charge in [0.1, 0.15) is 0 Å². The van der Waals surface area contributed by atoms with Crippen molar-refractivity contribution in [2.24, 2.45) is 0 Å². The summed E-state index contributed by atoms with van der Waals surface area (Å²) in [6.45, 7) is 6.13. The molecule has 0 amide bonds. The van der Waals surface area contributed by atoms with Crippen molar-refractivity contribution in [3.05, 3.63) is 27.8 Å². The Bertz CT molecular complexity index is 435. The van der Waals surface area contributed by atoms with Crippen LogP contribution >= 0.6 is 22.6 Å². The Balaban J connectivity index is 1.82. The van der Waals surface area contributed by atoms with Gasteiger partial charge in [0, 0.05) is 34.4 Å². The first-order chi connectivity index (χ1) is 9.28. The Labute approximate surface area is 130 Å². The zero-order chi connectivity index (χ0) is 13.2. The van der Waals surface area contributed by atoms with Crippen LogP contribution in [0.5, 0.6) is 0 Å². The van der Waals surface area contributed by atoms with Crippen LogP contribution in [-0.4, -0.2) is 36.6 Å². The normalized spacial score (nSPS) is 28.2. The summed E-state index contributed by atoms with van der Waals surface area (Å²) in [5, 5.41) is 0. The van der Waals surface area contributed by atoms with E-state index in [0.29, 0.717) is 6.04 Å². The molecule has 19 heavy (non-hydrogen) atoms. The van der Waals surface area contributed by atoms with Gasteiger partial charge < -0.3 is 4.90 Å². The van der Waals surface area contributed by atoms with Crippen molar-refractivity contribution in [2.45, 2.75) is 44.7 Å². The van der Waals surface area contributed by atoms with Gasteiger partial charge in [-0.15, -0.1) is 0 Å². The lowest BCUT2D eigenvalue weighted by atomic mass is 9.95. The van der Waals surface area contributed by atoms with Gasteiger partial charge >= 0.3 is 0 Å². The Morgan fingerprint density at radius 3 is 2.95 bits per heavy atom. The van der Waals surface area contributed by atoms with Crippen LogP contribution in [0.15, 0.2) is 24.3 Å². The number of piperazine rings is 1. The van der Waals surface area contributed by atoms with Gasteiger partial charge in [0.25, 0.3) is 0 Å². The molecule has 1 aromatic carbocycles.